The van der Waals surface area contributed by atoms with Gasteiger partial charge in [-0.25, -0.2) is 13.2 Å². The van der Waals surface area contributed by atoms with Gasteiger partial charge in [0.25, 0.3) is 0 Å². The molecule has 0 spiro atoms. The van der Waals surface area contributed by atoms with Gasteiger partial charge in [-0.15, -0.1) is 0 Å². The number of hydrogen-bond acceptors (Lipinski definition) is 8. The van der Waals surface area contributed by atoms with Gasteiger partial charge in [0.15, 0.2) is 14.7 Å². The second-order valence-electron chi connectivity index (χ2n) is 5.92. The van der Waals surface area contributed by atoms with Crippen molar-refractivity contribution < 1.29 is 17.6 Å². The van der Waals surface area contributed by atoms with Crippen LogP contribution in [-0.4, -0.2) is 51.9 Å². The molecule has 1 aromatic heterocycles. The Hall–Kier alpha value is -1.94. The van der Waals surface area contributed by atoms with E-state index in [0.717, 1.165) is 13.1 Å². The zero-order valence-electron chi connectivity index (χ0n) is 13.7. The van der Waals surface area contributed by atoms with Gasteiger partial charge in [-0.1, -0.05) is 0 Å². The van der Waals surface area contributed by atoms with Gasteiger partial charge in [-0.3, -0.25) is 10.7 Å². The van der Waals surface area contributed by atoms with Gasteiger partial charge in [0.1, 0.15) is 5.58 Å². The summed E-state index contributed by atoms with van der Waals surface area (Å²) < 4.78 is 35.5. The number of hydrazine groups is 1. The first-order chi connectivity index (χ1) is 12.0. The van der Waals surface area contributed by atoms with Crippen molar-refractivity contribution >= 4 is 26.5 Å². The summed E-state index contributed by atoms with van der Waals surface area (Å²) in [4.78, 5) is 14.0. The zero-order chi connectivity index (χ0) is 17.9. The molecule has 1 saturated heterocycles. The molecule has 136 valence electrons. The third-order valence-corrected chi connectivity index (χ3v) is 5.98. The van der Waals surface area contributed by atoms with Crippen LogP contribution >= 0.6 is 0 Å². The van der Waals surface area contributed by atoms with Gasteiger partial charge in [-0.2, -0.15) is 0 Å². The summed E-state index contributed by atoms with van der Waals surface area (Å²) in [6.07, 6.45) is 0.454. The number of anilines is 1. The highest BCUT2D eigenvalue weighted by Gasteiger charge is 2.21. The molecule has 0 radical (unpaired) electrons. The lowest BCUT2D eigenvalue weighted by molar-refractivity contribution is 0.0381. The molecular formula is C16H21N3O5S. The van der Waals surface area contributed by atoms with E-state index >= 15 is 0 Å². The first kappa shape index (κ1) is 17.9. The van der Waals surface area contributed by atoms with Crippen LogP contribution in [0.25, 0.3) is 11.0 Å². The second-order valence-corrected chi connectivity index (χ2v) is 8.00. The predicted molar refractivity (Wildman–Crippen MR) is 94.2 cm³/mol. The quantitative estimate of drug-likeness (QED) is 0.433. The minimum atomic E-state index is -3.70. The minimum absolute atomic E-state index is 0.0942. The fraction of sp³-hybridized carbons (Fsp3) is 0.438. The fourth-order valence-corrected chi connectivity index (χ4v) is 4.14. The lowest BCUT2D eigenvalue weighted by atomic mass is 10.2. The number of morpholine rings is 1. The van der Waals surface area contributed by atoms with Crippen LogP contribution in [0.15, 0.2) is 38.4 Å². The van der Waals surface area contributed by atoms with Crippen molar-refractivity contribution in [1.29, 1.82) is 0 Å². The molecule has 9 heteroatoms. The molecule has 0 aliphatic carbocycles. The number of nitrogen functional groups attached to an aromatic ring is 1. The average Bonchev–Trinajstić information content (AvgIpc) is 2.61. The van der Waals surface area contributed by atoms with Crippen LogP contribution in [0, 0.1) is 0 Å². The molecule has 1 aliphatic rings. The number of hydrogen-bond donors (Lipinski definition) is 2. The van der Waals surface area contributed by atoms with Gasteiger partial charge in [0.2, 0.25) is 0 Å². The number of nitrogens with two attached hydrogens (primary N) is 1. The van der Waals surface area contributed by atoms with E-state index in [9.17, 15) is 13.2 Å². The highest BCUT2D eigenvalue weighted by molar-refractivity contribution is 7.91. The first-order valence-electron chi connectivity index (χ1n) is 8.07. The second kappa shape index (κ2) is 7.52. The number of fused-ring (bicyclic) bond motifs is 1. The molecule has 3 rings (SSSR count). The Balaban J connectivity index is 1.76. The first-order valence-corrected chi connectivity index (χ1v) is 9.72. The van der Waals surface area contributed by atoms with Crippen LogP contribution in [0.1, 0.15) is 6.42 Å². The summed E-state index contributed by atoms with van der Waals surface area (Å²) in [5.74, 6) is 5.22. The third-order valence-electron chi connectivity index (χ3n) is 4.20. The Labute approximate surface area is 145 Å². The van der Waals surface area contributed by atoms with E-state index in [4.69, 9.17) is 15.0 Å². The van der Waals surface area contributed by atoms with Crippen LogP contribution < -0.4 is 16.9 Å². The molecule has 0 saturated carbocycles. The lowest BCUT2D eigenvalue weighted by Gasteiger charge is -2.26. The molecule has 0 bridgehead atoms. The van der Waals surface area contributed by atoms with E-state index in [0.29, 0.717) is 37.3 Å². The minimum Gasteiger partial charge on any atom is -0.422 e. The summed E-state index contributed by atoms with van der Waals surface area (Å²) in [5.41, 5.74) is 2.45. The smallest absolute Gasteiger partial charge is 0.355 e. The molecule has 25 heavy (non-hydrogen) atoms. The predicted octanol–water partition coefficient (Wildman–Crippen LogP) is 0.575. The number of nitrogens with zero attached hydrogens (tertiary/aromatic N) is 1. The fourth-order valence-electron chi connectivity index (χ4n) is 2.81. The van der Waals surface area contributed by atoms with Gasteiger partial charge >= 0.3 is 5.63 Å². The largest absolute Gasteiger partial charge is 0.422 e. The SMILES string of the molecule is NNc1ccc2cc(S(=O)(=O)CCCN3CCOCC3)c(=O)oc2c1. The molecule has 2 aromatic rings. The Morgan fingerprint density at radius 2 is 1.96 bits per heavy atom. The Bertz CT molecular complexity index is 904. The van der Waals surface area contributed by atoms with E-state index in [1.54, 1.807) is 18.2 Å². The number of ether oxygens (including phenoxy) is 1. The monoisotopic (exact) mass is 367 g/mol. The summed E-state index contributed by atoms with van der Waals surface area (Å²) >= 11 is 0. The molecule has 8 nitrogen and oxygen atoms in total. The summed E-state index contributed by atoms with van der Waals surface area (Å²) in [7, 11) is -3.70. The Morgan fingerprint density at radius 1 is 1.20 bits per heavy atom. The third kappa shape index (κ3) is 4.18. The van der Waals surface area contributed by atoms with Crippen molar-refractivity contribution in [2.75, 3.05) is 44.0 Å². The molecule has 0 amide bonds. The highest BCUT2D eigenvalue weighted by Crippen LogP contribution is 2.20. The van der Waals surface area contributed by atoms with Crippen LogP contribution in [-0.2, 0) is 14.6 Å². The van der Waals surface area contributed by atoms with Crippen LogP contribution in [0.5, 0.6) is 0 Å². The van der Waals surface area contributed by atoms with E-state index in [-0.39, 0.29) is 16.2 Å². The maximum absolute atomic E-state index is 12.5. The van der Waals surface area contributed by atoms with Crippen molar-refractivity contribution in [3.05, 3.63) is 34.7 Å². The van der Waals surface area contributed by atoms with Gasteiger partial charge in [0, 0.05) is 24.5 Å². The van der Waals surface area contributed by atoms with E-state index in [1.165, 1.54) is 6.07 Å². The topological polar surface area (TPSA) is 115 Å². The normalized spacial score (nSPS) is 16.2. The molecule has 1 aliphatic heterocycles. The number of benzene rings is 1. The van der Waals surface area contributed by atoms with E-state index in [1.807, 2.05) is 0 Å². The van der Waals surface area contributed by atoms with Crippen LogP contribution in [0.2, 0.25) is 0 Å². The Morgan fingerprint density at radius 3 is 2.68 bits per heavy atom. The molecule has 2 heterocycles. The van der Waals surface area contributed by atoms with Gasteiger partial charge < -0.3 is 14.6 Å². The van der Waals surface area contributed by atoms with Crippen molar-refractivity contribution in [2.24, 2.45) is 5.84 Å². The standard InChI is InChI=1S/C16H21N3O5S/c17-18-13-3-2-12-10-15(16(20)24-14(12)11-13)25(21,22)9-1-4-19-5-7-23-8-6-19/h2-3,10-11,18H,1,4-9,17H2. The number of sulfone groups is 1. The van der Waals surface area contributed by atoms with E-state index < -0.39 is 15.5 Å². The molecule has 1 aromatic carbocycles. The molecule has 0 unspecified atom stereocenters. The maximum Gasteiger partial charge on any atom is 0.355 e. The average molecular weight is 367 g/mol. The molecule has 1 fully saturated rings. The lowest BCUT2D eigenvalue weighted by Crippen LogP contribution is -2.37. The summed E-state index contributed by atoms with van der Waals surface area (Å²) in [6.45, 7) is 3.60. The van der Waals surface area contributed by atoms with Gasteiger partial charge in [-0.05, 0) is 31.2 Å². The molecule has 3 N–H and O–H groups in total. The van der Waals surface area contributed by atoms with Gasteiger partial charge in [0.05, 0.1) is 24.7 Å². The highest BCUT2D eigenvalue weighted by atomic mass is 32.2. The summed E-state index contributed by atoms with van der Waals surface area (Å²) in [6, 6.07) is 6.24. The van der Waals surface area contributed by atoms with Crippen molar-refractivity contribution in [3.8, 4) is 0 Å². The molecule has 0 atom stereocenters. The van der Waals surface area contributed by atoms with Crippen LogP contribution in [0.3, 0.4) is 0 Å². The van der Waals surface area contributed by atoms with Crippen molar-refractivity contribution in [1.82, 2.24) is 4.90 Å². The zero-order valence-corrected chi connectivity index (χ0v) is 14.5. The summed E-state index contributed by atoms with van der Waals surface area (Å²) in [5, 5.41) is 0.533. The Kier molecular flexibility index (Phi) is 5.38. The van der Waals surface area contributed by atoms with Crippen LogP contribution in [0.4, 0.5) is 5.69 Å². The van der Waals surface area contributed by atoms with Crippen molar-refractivity contribution in [3.63, 3.8) is 0 Å². The molecular weight excluding hydrogens is 346 g/mol. The number of nitrogens with one attached hydrogen (secondary N) is 1. The van der Waals surface area contributed by atoms with Crippen molar-refractivity contribution in [2.45, 2.75) is 11.3 Å². The maximum atomic E-state index is 12.5. The van der Waals surface area contributed by atoms with E-state index in [2.05, 4.69) is 10.3 Å². The number of rotatable bonds is 6.